The fraction of sp³-hybridized carbons (Fsp3) is 0.500. The second-order valence-electron chi connectivity index (χ2n) is 4.49. The molecule has 0 fully saturated rings. The average Bonchev–Trinajstić information content (AvgIpc) is 2.21. The smallest absolute Gasteiger partial charge is 0.0286 e. The second kappa shape index (κ2) is 5.88. The van der Waals surface area contributed by atoms with E-state index in [-0.39, 0.29) is 5.41 Å². The van der Waals surface area contributed by atoms with Gasteiger partial charge >= 0.3 is 0 Å². The Labute approximate surface area is 105 Å². The van der Waals surface area contributed by atoms with Crippen molar-refractivity contribution in [2.24, 2.45) is 5.41 Å². The molecule has 1 aromatic rings. The molecule has 0 unspecified atom stereocenters. The Morgan fingerprint density at radius 1 is 1.33 bits per heavy atom. The van der Waals surface area contributed by atoms with Gasteiger partial charge in [-0.25, -0.2) is 0 Å². The molecular formula is C12H17BrClN. The molecule has 15 heavy (non-hydrogen) atoms. The lowest BCUT2D eigenvalue weighted by atomic mass is 9.96. The summed E-state index contributed by atoms with van der Waals surface area (Å²) < 4.78 is 1.15. The van der Waals surface area contributed by atoms with Gasteiger partial charge in [-0.2, -0.15) is 0 Å². The molecule has 1 N–H and O–H groups in total. The highest BCUT2D eigenvalue weighted by atomic mass is 79.9. The first kappa shape index (κ1) is 13.0. The minimum atomic E-state index is 0.156. The van der Waals surface area contributed by atoms with E-state index in [0.29, 0.717) is 5.88 Å². The Hall–Kier alpha value is -0.0500. The van der Waals surface area contributed by atoms with Crippen molar-refractivity contribution in [2.45, 2.75) is 20.4 Å². The summed E-state index contributed by atoms with van der Waals surface area (Å²) in [6.45, 7) is 6.12. The molecule has 84 valence electrons. The van der Waals surface area contributed by atoms with Crippen LogP contribution in [0.1, 0.15) is 19.4 Å². The third kappa shape index (κ3) is 4.54. The molecule has 0 saturated carbocycles. The molecule has 1 nitrogen and oxygen atoms in total. The van der Waals surface area contributed by atoms with Crippen LogP contribution in [0.2, 0.25) is 0 Å². The van der Waals surface area contributed by atoms with Crippen LogP contribution in [0.5, 0.6) is 0 Å². The summed E-state index contributed by atoms with van der Waals surface area (Å²) in [6.07, 6.45) is 0. The number of hydrogen-bond acceptors (Lipinski definition) is 1. The summed E-state index contributed by atoms with van der Waals surface area (Å²) in [7, 11) is 0. The highest BCUT2D eigenvalue weighted by Crippen LogP contribution is 2.18. The van der Waals surface area contributed by atoms with Crippen molar-refractivity contribution < 1.29 is 0 Å². The molecule has 0 aromatic heterocycles. The molecule has 0 radical (unpaired) electrons. The van der Waals surface area contributed by atoms with E-state index in [1.165, 1.54) is 5.56 Å². The van der Waals surface area contributed by atoms with Gasteiger partial charge in [-0.15, -0.1) is 11.6 Å². The zero-order valence-electron chi connectivity index (χ0n) is 9.19. The quantitative estimate of drug-likeness (QED) is 0.813. The fourth-order valence-corrected chi connectivity index (χ4v) is 1.74. The zero-order chi connectivity index (χ0) is 11.3. The van der Waals surface area contributed by atoms with Crippen LogP contribution in [0.3, 0.4) is 0 Å². The maximum absolute atomic E-state index is 5.86. The van der Waals surface area contributed by atoms with Gasteiger partial charge < -0.3 is 5.32 Å². The molecule has 0 spiro atoms. The highest BCUT2D eigenvalue weighted by Gasteiger charge is 2.15. The van der Waals surface area contributed by atoms with Gasteiger partial charge in [0.2, 0.25) is 0 Å². The Kier molecular flexibility index (Phi) is 5.10. The molecule has 0 aliphatic rings. The Morgan fingerprint density at radius 2 is 2.00 bits per heavy atom. The first-order valence-electron chi connectivity index (χ1n) is 5.05. The summed E-state index contributed by atoms with van der Waals surface area (Å²) in [5.74, 6) is 0.677. The van der Waals surface area contributed by atoms with E-state index in [1.54, 1.807) is 0 Å². The molecule has 0 heterocycles. The fourth-order valence-electron chi connectivity index (χ4n) is 1.22. The average molecular weight is 291 g/mol. The summed E-state index contributed by atoms with van der Waals surface area (Å²) >= 11 is 9.38. The number of rotatable bonds is 5. The van der Waals surface area contributed by atoms with Gasteiger partial charge in [-0.3, -0.25) is 0 Å². The van der Waals surface area contributed by atoms with Crippen molar-refractivity contribution >= 4 is 27.5 Å². The van der Waals surface area contributed by atoms with Gasteiger partial charge in [0.15, 0.2) is 0 Å². The minimum absolute atomic E-state index is 0.156. The van der Waals surface area contributed by atoms with Crippen LogP contribution in [-0.4, -0.2) is 12.4 Å². The van der Waals surface area contributed by atoms with Crippen LogP contribution in [-0.2, 0) is 6.54 Å². The van der Waals surface area contributed by atoms with Crippen molar-refractivity contribution in [2.75, 3.05) is 12.4 Å². The number of benzene rings is 1. The standard InChI is InChI=1S/C12H17BrClN/c1-12(2,8-14)9-15-7-10-5-3-4-6-11(10)13/h3-6,15H,7-9H2,1-2H3. The van der Waals surface area contributed by atoms with Crippen molar-refractivity contribution in [1.29, 1.82) is 0 Å². The van der Waals surface area contributed by atoms with E-state index in [9.17, 15) is 0 Å². The minimum Gasteiger partial charge on any atom is -0.312 e. The molecule has 0 aliphatic carbocycles. The monoisotopic (exact) mass is 289 g/mol. The van der Waals surface area contributed by atoms with Crippen LogP contribution in [0.15, 0.2) is 28.7 Å². The molecular weight excluding hydrogens is 273 g/mol. The Morgan fingerprint density at radius 3 is 2.60 bits per heavy atom. The van der Waals surface area contributed by atoms with Gasteiger partial charge in [-0.1, -0.05) is 48.0 Å². The highest BCUT2D eigenvalue weighted by molar-refractivity contribution is 9.10. The predicted octanol–water partition coefficient (Wildman–Crippen LogP) is 3.80. The van der Waals surface area contributed by atoms with Gasteiger partial charge in [0, 0.05) is 23.4 Å². The summed E-state index contributed by atoms with van der Waals surface area (Å²) in [4.78, 5) is 0. The second-order valence-corrected chi connectivity index (χ2v) is 5.61. The molecule has 1 aromatic carbocycles. The molecule has 0 bridgehead atoms. The zero-order valence-corrected chi connectivity index (χ0v) is 11.5. The predicted molar refractivity (Wildman–Crippen MR) is 70.3 cm³/mol. The maximum atomic E-state index is 5.86. The van der Waals surface area contributed by atoms with Gasteiger partial charge in [-0.05, 0) is 17.0 Å². The Balaban J connectivity index is 2.42. The van der Waals surface area contributed by atoms with Gasteiger partial charge in [0.05, 0.1) is 0 Å². The van der Waals surface area contributed by atoms with E-state index in [2.05, 4.69) is 53.3 Å². The lowest BCUT2D eigenvalue weighted by molar-refractivity contribution is 0.385. The van der Waals surface area contributed by atoms with Crippen LogP contribution in [0.25, 0.3) is 0 Å². The number of nitrogens with one attached hydrogen (secondary N) is 1. The van der Waals surface area contributed by atoms with Crippen molar-refractivity contribution in [1.82, 2.24) is 5.32 Å². The number of hydrogen-bond donors (Lipinski definition) is 1. The van der Waals surface area contributed by atoms with Crippen LogP contribution < -0.4 is 5.32 Å². The number of halogens is 2. The summed E-state index contributed by atoms with van der Waals surface area (Å²) in [5, 5.41) is 3.42. The molecule has 0 saturated heterocycles. The van der Waals surface area contributed by atoms with E-state index in [0.717, 1.165) is 17.6 Å². The SMILES string of the molecule is CC(C)(CCl)CNCc1ccccc1Br. The van der Waals surface area contributed by atoms with Gasteiger partial charge in [0.1, 0.15) is 0 Å². The third-order valence-corrected chi connectivity index (χ3v) is 3.74. The van der Waals surface area contributed by atoms with Crippen LogP contribution in [0.4, 0.5) is 0 Å². The summed E-state index contributed by atoms with van der Waals surface area (Å²) in [6, 6.07) is 8.25. The Bertz CT molecular complexity index is 312. The molecule has 0 amide bonds. The number of alkyl halides is 1. The van der Waals surface area contributed by atoms with Crippen molar-refractivity contribution in [3.63, 3.8) is 0 Å². The molecule has 3 heteroatoms. The lowest BCUT2D eigenvalue weighted by Gasteiger charge is -2.21. The van der Waals surface area contributed by atoms with Crippen molar-refractivity contribution in [3.05, 3.63) is 34.3 Å². The molecule has 1 rings (SSSR count). The van der Waals surface area contributed by atoms with E-state index < -0.39 is 0 Å². The molecule has 0 atom stereocenters. The topological polar surface area (TPSA) is 12.0 Å². The molecule has 0 aliphatic heterocycles. The first-order chi connectivity index (χ1) is 7.05. The normalized spacial score (nSPS) is 11.7. The van der Waals surface area contributed by atoms with E-state index >= 15 is 0 Å². The summed E-state index contributed by atoms with van der Waals surface area (Å²) in [5.41, 5.74) is 1.44. The van der Waals surface area contributed by atoms with Crippen LogP contribution in [0, 0.1) is 5.41 Å². The third-order valence-electron chi connectivity index (χ3n) is 2.24. The lowest BCUT2D eigenvalue weighted by Crippen LogP contribution is -2.30. The van der Waals surface area contributed by atoms with E-state index in [4.69, 9.17) is 11.6 Å². The maximum Gasteiger partial charge on any atom is 0.0286 e. The van der Waals surface area contributed by atoms with E-state index in [1.807, 2.05) is 6.07 Å². The van der Waals surface area contributed by atoms with Crippen molar-refractivity contribution in [3.8, 4) is 0 Å². The largest absolute Gasteiger partial charge is 0.312 e. The van der Waals surface area contributed by atoms with Gasteiger partial charge in [0.25, 0.3) is 0 Å². The first-order valence-corrected chi connectivity index (χ1v) is 6.38. The van der Waals surface area contributed by atoms with Crippen LogP contribution >= 0.6 is 27.5 Å².